The van der Waals surface area contributed by atoms with E-state index in [4.69, 9.17) is 0 Å². The molecule has 31 heavy (non-hydrogen) atoms. The van der Waals surface area contributed by atoms with Gasteiger partial charge in [0.25, 0.3) is 11.2 Å². The smallest absolute Gasteiger partial charge is 0.269 e. The number of nitrogens with zero attached hydrogens (tertiary/aromatic N) is 3. The normalized spacial score (nSPS) is 20.5. The van der Waals surface area contributed by atoms with Crippen molar-refractivity contribution in [2.75, 3.05) is 22.1 Å². The number of carbonyl (C=O) groups excluding carboxylic acids is 2. The number of non-ortho nitro benzene ring substituents is 1. The van der Waals surface area contributed by atoms with Crippen molar-refractivity contribution in [3.63, 3.8) is 0 Å². The van der Waals surface area contributed by atoms with Gasteiger partial charge in [0.2, 0.25) is 17.8 Å². The second kappa shape index (κ2) is 8.17. The predicted molar refractivity (Wildman–Crippen MR) is 113 cm³/mol. The average Bonchev–Trinajstić information content (AvgIpc) is 2.73. The van der Waals surface area contributed by atoms with Crippen molar-refractivity contribution in [1.82, 2.24) is 9.97 Å². The van der Waals surface area contributed by atoms with Crippen LogP contribution < -0.4 is 21.1 Å². The molecule has 2 aromatic rings. The molecule has 0 aliphatic carbocycles. The highest BCUT2D eigenvalue weighted by Crippen LogP contribution is 2.31. The number of benzene rings is 1. The molecule has 1 saturated heterocycles. The quantitative estimate of drug-likeness (QED) is 0.500. The van der Waals surface area contributed by atoms with Crippen LogP contribution in [-0.4, -0.2) is 39.3 Å². The number of piperidine rings is 1. The summed E-state index contributed by atoms with van der Waals surface area (Å²) in [5.41, 5.74) is -0.152. The largest absolute Gasteiger partial charge is 0.340 e. The van der Waals surface area contributed by atoms with Crippen molar-refractivity contribution in [3.05, 3.63) is 50.3 Å². The Balaban J connectivity index is 1.62. The van der Waals surface area contributed by atoms with Crippen molar-refractivity contribution in [3.8, 4) is 0 Å². The standard InChI is InChI=1S/C20H22N6O5/c1-11-4-2-3-9-25(11)20-23-17-16(19(29)24-20)14(10-15(27)22-17)18(28)21-12-5-7-13(8-6-12)26(30)31/h5-8,11,14H,2-4,9-10H2,1H3,(H,21,28)(H2,22,23,24,27,29). The van der Waals surface area contributed by atoms with Crippen molar-refractivity contribution in [2.24, 2.45) is 0 Å². The topological polar surface area (TPSA) is 150 Å². The molecule has 0 bridgehead atoms. The van der Waals surface area contributed by atoms with Crippen LogP contribution in [-0.2, 0) is 9.59 Å². The minimum atomic E-state index is -1.02. The first kappa shape index (κ1) is 20.5. The van der Waals surface area contributed by atoms with E-state index >= 15 is 0 Å². The molecule has 2 amide bonds. The number of hydrogen-bond acceptors (Lipinski definition) is 7. The van der Waals surface area contributed by atoms with Gasteiger partial charge in [-0.15, -0.1) is 0 Å². The molecule has 0 radical (unpaired) electrons. The summed E-state index contributed by atoms with van der Waals surface area (Å²) in [5, 5.41) is 16.0. The molecule has 4 rings (SSSR count). The van der Waals surface area contributed by atoms with Crippen LogP contribution in [0.1, 0.15) is 44.1 Å². The molecule has 1 fully saturated rings. The molecule has 2 aliphatic rings. The number of anilines is 3. The van der Waals surface area contributed by atoms with E-state index in [1.165, 1.54) is 24.3 Å². The van der Waals surface area contributed by atoms with Crippen molar-refractivity contribution in [1.29, 1.82) is 0 Å². The predicted octanol–water partition coefficient (Wildman–Crippen LogP) is 2.12. The number of nitro benzene ring substituents is 1. The van der Waals surface area contributed by atoms with Gasteiger partial charge in [-0.25, -0.2) is 0 Å². The highest BCUT2D eigenvalue weighted by molar-refractivity contribution is 6.04. The van der Waals surface area contributed by atoms with Gasteiger partial charge in [-0.1, -0.05) is 0 Å². The Hall–Kier alpha value is -3.76. The van der Waals surface area contributed by atoms with Crippen LogP contribution in [0.2, 0.25) is 0 Å². The maximum atomic E-state index is 12.9. The fraction of sp³-hybridized carbons (Fsp3) is 0.400. The third kappa shape index (κ3) is 4.11. The van der Waals surface area contributed by atoms with Crippen molar-refractivity contribution < 1.29 is 14.5 Å². The van der Waals surface area contributed by atoms with Crippen LogP contribution in [0.5, 0.6) is 0 Å². The molecule has 0 saturated carbocycles. The first-order valence-corrected chi connectivity index (χ1v) is 10.1. The number of rotatable bonds is 4. The zero-order valence-electron chi connectivity index (χ0n) is 16.9. The molecule has 0 spiro atoms. The lowest BCUT2D eigenvalue weighted by Crippen LogP contribution is -2.41. The van der Waals surface area contributed by atoms with E-state index in [1.54, 1.807) is 0 Å². The lowest BCUT2D eigenvalue weighted by atomic mass is 9.92. The van der Waals surface area contributed by atoms with Gasteiger partial charge in [0.15, 0.2) is 0 Å². The zero-order chi connectivity index (χ0) is 22.1. The summed E-state index contributed by atoms with van der Waals surface area (Å²) in [4.78, 5) is 57.5. The van der Waals surface area contributed by atoms with E-state index < -0.39 is 28.2 Å². The number of nitrogens with one attached hydrogen (secondary N) is 3. The molecule has 11 heteroatoms. The van der Waals surface area contributed by atoms with Crippen molar-refractivity contribution >= 4 is 35.0 Å². The number of hydrogen-bond donors (Lipinski definition) is 3. The van der Waals surface area contributed by atoms with E-state index in [9.17, 15) is 24.5 Å². The van der Waals surface area contributed by atoms with E-state index in [0.717, 1.165) is 25.8 Å². The van der Waals surface area contributed by atoms with Crippen LogP contribution in [0, 0.1) is 10.1 Å². The molecule has 162 valence electrons. The first-order valence-electron chi connectivity index (χ1n) is 10.1. The summed E-state index contributed by atoms with van der Waals surface area (Å²) >= 11 is 0. The highest BCUT2D eigenvalue weighted by atomic mass is 16.6. The molecule has 3 heterocycles. The fourth-order valence-electron chi connectivity index (χ4n) is 4.03. The molecule has 3 N–H and O–H groups in total. The van der Waals surface area contributed by atoms with Gasteiger partial charge in [0.1, 0.15) is 5.82 Å². The lowest BCUT2D eigenvalue weighted by Gasteiger charge is -2.34. The maximum absolute atomic E-state index is 12.9. The third-order valence-corrected chi connectivity index (χ3v) is 5.68. The van der Waals surface area contributed by atoms with E-state index in [-0.39, 0.29) is 29.5 Å². The van der Waals surface area contributed by atoms with Gasteiger partial charge in [-0.05, 0) is 38.3 Å². The Labute approximate surface area is 177 Å². The van der Waals surface area contributed by atoms with Crippen LogP contribution >= 0.6 is 0 Å². The second-order valence-corrected chi connectivity index (χ2v) is 7.79. The number of H-pyrrole nitrogens is 1. The van der Waals surface area contributed by atoms with Crippen LogP contribution in [0.15, 0.2) is 29.1 Å². The zero-order valence-corrected chi connectivity index (χ0v) is 16.9. The Morgan fingerprint density at radius 1 is 1.26 bits per heavy atom. The average molecular weight is 426 g/mol. The number of nitro groups is 1. The van der Waals surface area contributed by atoms with E-state index in [1.807, 2.05) is 4.90 Å². The van der Waals surface area contributed by atoms with Gasteiger partial charge in [-0.3, -0.25) is 29.5 Å². The summed E-state index contributed by atoms with van der Waals surface area (Å²) in [6, 6.07) is 5.51. The number of aromatic nitrogens is 2. The van der Waals surface area contributed by atoms with Gasteiger partial charge in [0.05, 0.1) is 16.4 Å². The number of carbonyl (C=O) groups is 2. The van der Waals surface area contributed by atoms with Crippen LogP contribution in [0.3, 0.4) is 0 Å². The lowest BCUT2D eigenvalue weighted by molar-refractivity contribution is -0.384. The third-order valence-electron chi connectivity index (χ3n) is 5.68. The van der Waals surface area contributed by atoms with Crippen molar-refractivity contribution in [2.45, 2.75) is 44.6 Å². The summed E-state index contributed by atoms with van der Waals surface area (Å²) in [6.07, 6.45) is 2.87. The summed E-state index contributed by atoms with van der Waals surface area (Å²) in [5.74, 6) is -1.52. The summed E-state index contributed by atoms with van der Waals surface area (Å²) in [6.45, 7) is 2.80. The minimum absolute atomic E-state index is 0.0941. The molecule has 11 nitrogen and oxygen atoms in total. The van der Waals surface area contributed by atoms with Gasteiger partial charge in [0, 0.05) is 36.8 Å². The molecule has 1 aromatic carbocycles. The SMILES string of the molecule is CC1CCCCN1c1nc2c(c(=O)[nH]1)C(C(=O)Nc1ccc([N+](=O)[O-])cc1)CC(=O)N2. The Bertz CT molecular complexity index is 1100. The number of fused-ring (bicyclic) bond motifs is 1. The summed E-state index contributed by atoms with van der Waals surface area (Å²) in [7, 11) is 0. The molecular formula is C20H22N6O5. The minimum Gasteiger partial charge on any atom is -0.340 e. The Morgan fingerprint density at radius 2 is 2.00 bits per heavy atom. The van der Waals surface area contributed by atoms with Crippen LogP contribution in [0.4, 0.5) is 23.1 Å². The van der Waals surface area contributed by atoms with E-state index in [2.05, 4.69) is 27.5 Å². The molecule has 1 aromatic heterocycles. The first-order chi connectivity index (χ1) is 14.8. The van der Waals surface area contributed by atoms with Gasteiger partial charge < -0.3 is 15.5 Å². The fourth-order valence-corrected chi connectivity index (χ4v) is 4.03. The maximum Gasteiger partial charge on any atom is 0.269 e. The van der Waals surface area contributed by atoms with E-state index in [0.29, 0.717) is 11.6 Å². The second-order valence-electron chi connectivity index (χ2n) is 7.79. The monoisotopic (exact) mass is 426 g/mol. The van der Waals surface area contributed by atoms with Crippen LogP contribution in [0.25, 0.3) is 0 Å². The van der Waals surface area contributed by atoms with Gasteiger partial charge in [-0.2, -0.15) is 4.98 Å². The number of amides is 2. The highest BCUT2D eigenvalue weighted by Gasteiger charge is 2.35. The van der Waals surface area contributed by atoms with Gasteiger partial charge >= 0.3 is 0 Å². The molecule has 2 atom stereocenters. The Kier molecular flexibility index (Phi) is 5.40. The molecule has 2 aliphatic heterocycles. The molecule has 2 unspecified atom stereocenters. The molecular weight excluding hydrogens is 404 g/mol. The number of aromatic amines is 1. The Morgan fingerprint density at radius 3 is 2.68 bits per heavy atom. The summed E-state index contributed by atoms with van der Waals surface area (Å²) < 4.78 is 0.